The van der Waals surface area contributed by atoms with Gasteiger partial charge in [0.15, 0.2) is 12.4 Å². The molecule has 2 aromatic carbocycles. The summed E-state index contributed by atoms with van der Waals surface area (Å²) in [5.41, 5.74) is 3.17. The molecule has 1 aromatic heterocycles. The number of amides is 1. The van der Waals surface area contributed by atoms with Gasteiger partial charge in [-0.25, -0.2) is 0 Å². The van der Waals surface area contributed by atoms with Gasteiger partial charge in [0.2, 0.25) is 5.43 Å². The predicted molar refractivity (Wildman–Crippen MR) is 124 cm³/mol. The van der Waals surface area contributed by atoms with Crippen molar-refractivity contribution < 1.29 is 19.0 Å². The van der Waals surface area contributed by atoms with Gasteiger partial charge >= 0.3 is 0 Å². The van der Waals surface area contributed by atoms with Crippen LogP contribution in [0.4, 0.5) is 5.69 Å². The zero-order valence-corrected chi connectivity index (χ0v) is 18.8. The molecule has 0 spiro atoms. The van der Waals surface area contributed by atoms with Crippen molar-refractivity contribution in [2.75, 3.05) is 25.6 Å². The lowest BCUT2D eigenvalue weighted by atomic mass is 10.1. The van der Waals surface area contributed by atoms with Crippen molar-refractivity contribution in [3.8, 4) is 17.2 Å². The molecule has 7 nitrogen and oxygen atoms in total. The van der Waals surface area contributed by atoms with Gasteiger partial charge in [0.25, 0.3) is 5.91 Å². The average Bonchev–Trinajstić information content (AvgIpc) is 2.77. The van der Waals surface area contributed by atoms with Crippen LogP contribution in [0.3, 0.4) is 0 Å². The quantitative estimate of drug-likeness (QED) is 0.551. The van der Waals surface area contributed by atoms with Gasteiger partial charge in [0.05, 0.1) is 19.3 Å². The van der Waals surface area contributed by atoms with Crippen molar-refractivity contribution in [2.45, 2.75) is 27.3 Å². The second-order valence-electron chi connectivity index (χ2n) is 7.47. The number of carbonyl (C=O) groups excluding carboxylic acids is 1. The lowest BCUT2D eigenvalue weighted by Crippen LogP contribution is -2.24. The van der Waals surface area contributed by atoms with Crippen LogP contribution in [0.5, 0.6) is 17.2 Å². The monoisotopic (exact) mass is 436 g/mol. The molecule has 0 bridgehead atoms. The number of hydrogen-bond acceptors (Lipinski definition) is 5. The number of carbonyl (C=O) groups is 1. The Hall–Kier alpha value is -3.74. The molecule has 0 radical (unpaired) electrons. The molecular formula is C25H28N2O5. The minimum Gasteiger partial charge on any atom is -0.497 e. The number of hydrogen-bond donors (Lipinski definition) is 1. The number of aromatic nitrogens is 1. The number of nitrogens with one attached hydrogen (secondary N) is 1. The van der Waals surface area contributed by atoms with E-state index < -0.39 is 0 Å². The Labute approximate surface area is 187 Å². The summed E-state index contributed by atoms with van der Waals surface area (Å²) in [5, 5.41) is 2.82. The van der Waals surface area contributed by atoms with Gasteiger partial charge in [0, 0.05) is 18.0 Å². The third-order valence-electron chi connectivity index (χ3n) is 5.05. The second kappa shape index (κ2) is 10.5. The SMILES string of the molecule is COc1ccc(OCCn2ccc(=O)c(OCC(=O)Nc3ccc(C)cc3C)c2C)cc1. The maximum Gasteiger partial charge on any atom is 0.262 e. The molecule has 3 rings (SSSR count). The summed E-state index contributed by atoms with van der Waals surface area (Å²) in [7, 11) is 1.61. The lowest BCUT2D eigenvalue weighted by molar-refractivity contribution is -0.118. The Morgan fingerprint density at radius 3 is 2.38 bits per heavy atom. The Balaban J connectivity index is 1.58. The van der Waals surface area contributed by atoms with Crippen molar-refractivity contribution >= 4 is 11.6 Å². The third kappa shape index (κ3) is 5.91. The van der Waals surface area contributed by atoms with Crippen LogP contribution in [0, 0.1) is 20.8 Å². The summed E-state index contributed by atoms with van der Waals surface area (Å²) in [6, 6.07) is 14.5. The van der Waals surface area contributed by atoms with Gasteiger partial charge in [-0.1, -0.05) is 17.7 Å². The summed E-state index contributed by atoms with van der Waals surface area (Å²) >= 11 is 0. The van der Waals surface area contributed by atoms with Gasteiger partial charge in [-0.2, -0.15) is 0 Å². The summed E-state index contributed by atoms with van der Waals surface area (Å²) in [4.78, 5) is 24.6. The van der Waals surface area contributed by atoms with Crippen LogP contribution in [0.1, 0.15) is 16.8 Å². The molecular weight excluding hydrogens is 408 g/mol. The molecule has 1 amide bonds. The van der Waals surface area contributed by atoms with Crippen LogP contribution in [-0.4, -0.2) is 30.8 Å². The highest BCUT2D eigenvalue weighted by Gasteiger charge is 2.12. The van der Waals surface area contributed by atoms with Crippen LogP contribution >= 0.6 is 0 Å². The van der Waals surface area contributed by atoms with Gasteiger partial charge in [-0.15, -0.1) is 0 Å². The van der Waals surface area contributed by atoms with Crippen molar-refractivity contribution in [2.24, 2.45) is 0 Å². The van der Waals surface area contributed by atoms with Crippen LogP contribution in [0.25, 0.3) is 0 Å². The van der Waals surface area contributed by atoms with Crippen molar-refractivity contribution in [1.29, 1.82) is 0 Å². The fraction of sp³-hybridized carbons (Fsp3) is 0.280. The van der Waals surface area contributed by atoms with E-state index in [9.17, 15) is 9.59 Å². The molecule has 0 atom stereocenters. The molecule has 0 saturated heterocycles. The number of rotatable bonds is 9. The maximum atomic E-state index is 12.3. The summed E-state index contributed by atoms with van der Waals surface area (Å²) in [6.45, 7) is 6.37. The number of aryl methyl sites for hydroxylation is 2. The lowest BCUT2D eigenvalue weighted by Gasteiger charge is -2.15. The van der Waals surface area contributed by atoms with Gasteiger partial charge in [-0.3, -0.25) is 9.59 Å². The summed E-state index contributed by atoms with van der Waals surface area (Å²) in [6.07, 6.45) is 1.69. The maximum absolute atomic E-state index is 12.3. The highest BCUT2D eigenvalue weighted by molar-refractivity contribution is 5.92. The van der Waals surface area contributed by atoms with Gasteiger partial charge in [0.1, 0.15) is 18.1 Å². The normalized spacial score (nSPS) is 10.5. The molecule has 1 heterocycles. The summed E-state index contributed by atoms with van der Waals surface area (Å²) < 4.78 is 18.4. The van der Waals surface area contributed by atoms with Gasteiger partial charge in [-0.05, 0) is 56.7 Å². The Morgan fingerprint density at radius 1 is 0.969 bits per heavy atom. The predicted octanol–water partition coefficient (Wildman–Crippen LogP) is 3.88. The first kappa shape index (κ1) is 22.9. The molecule has 0 aliphatic rings. The molecule has 0 saturated carbocycles. The Morgan fingerprint density at radius 2 is 1.69 bits per heavy atom. The van der Waals surface area contributed by atoms with Crippen LogP contribution in [0.2, 0.25) is 0 Å². The van der Waals surface area contributed by atoms with E-state index in [1.54, 1.807) is 20.2 Å². The molecule has 168 valence electrons. The van der Waals surface area contributed by atoms with E-state index in [0.29, 0.717) is 18.8 Å². The molecule has 32 heavy (non-hydrogen) atoms. The first-order chi connectivity index (χ1) is 15.4. The van der Waals surface area contributed by atoms with Crippen molar-refractivity contribution in [1.82, 2.24) is 4.57 Å². The van der Waals surface area contributed by atoms with E-state index in [4.69, 9.17) is 14.2 Å². The topological polar surface area (TPSA) is 78.8 Å². The first-order valence-corrected chi connectivity index (χ1v) is 10.3. The van der Waals surface area contributed by atoms with E-state index in [0.717, 1.165) is 28.3 Å². The molecule has 7 heteroatoms. The van der Waals surface area contributed by atoms with Crippen LogP contribution in [-0.2, 0) is 11.3 Å². The molecule has 0 fully saturated rings. The van der Waals surface area contributed by atoms with E-state index in [1.165, 1.54) is 6.07 Å². The smallest absolute Gasteiger partial charge is 0.262 e. The van der Waals surface area contributed by atoms with E-state index in [1.807, 2.05) is 60.9 Å². The molecule has 0 aliphatic heterocycles. The molecule has 3 aromatic rings. The van der Waals surface area contributed by atoms with Gasteiger partial charge < -0.3 is 24.1 Å². The minimum atomic E-state index is -0.325. The number of anilines is 1. The molecule has 1 N–H and O–H groups in total. The zero-order chi connectivity index (χ0) is 23.1. The number of ether oxygens (including phenoxy) is 3. The Kier molecular flexibility index (Phi) is 7.54. The highest BCUT2D eigenvalue weighted by Crippen LogP contribution is 2.18. The number of pyridine rings is 1. The molecule has 0 aliphatic carbocycles. The van der Waals surface area contributed by atoms with Crippen molar-refractivity contribution in [3.05, 3.63) is 81.8 Å². The standard InChI is InChI=1S/C25H28N2O5/c1-17-5-10-22(18(2)15-17)26-24(29)16-32-25-19(3)27(12-11-23(25)28)13-14-31-21-8-6-20(30-4)7-9-21/h5-12,15H,13-14,16H2,1-4H3,(H,26,29). The van der Waals surface area contributed by atoms with E-state index >= 15 is 0 Å². The van der Waals surface area contributed by atoms with Crippen LogP contribution < -0.4 is 25.0 Å². The van der Waals surface area contributed by atoms with E-state index in [-0.39, 0.29) is 23.7 Å². The first-order valence-electron chi connectivity index (χ1n) is 10.3. The second-order valence-corrected chi connectivity index (χ2v) is 7.47. The molecule has 0 unspecified atom stereocenters. The van der Waals surface area contributed by atoms with Crippen LogP contribution in [0.15, 0.2) is 59.5 Å². The fourth-order valence-corrected chi connectivity index (χ4v) is 3.28. The van der Waals surface area contributed by atoms with Crippen molar-refractivity contribution in [3.63, 3.8) is 0 Å². The van der Waals surface area contributed by atoms with E-state index in [2.05, 4.69) is 5.32 Å². The minimum absolute atomic E-state index is 0.160. The third-order valence-corrected chi connectivity index (χ3v) is 5.05. The average molecular weight is 437 g/mol. The number of nitrogens with zero attached hydrogens (tertiary/aromatic N) is 1. The summed E-state index contributed by atoms with van der Waals surface area (Å²) in [5.74, 6) is 1.32. The largest absolute Gasteiger partial charge is 0.497 e. The highest BCUT2D eigenvalue weighted by atomic mass is 16.5. The zero-order valence-electron chi connectivity index (χ0n) is 18.8. The fourth-order valence-electron chi connectivity index (χ4n) is 3.28. The number of benzene rings is 2. The Bertz CT molecular complexity index is 1140. The number of methoxy groups -OCH3 is 1.